The monoisotopic (exact) mass is 374 g/mol. The third-order valence-corrected chi connectivity index (χ3v) is 5.82. The summed E-state index contributed by atoms with van der Waals surface area (Å²) in [5.74, 6) is 0. The molecule has 0 saturated heterocycles. The first kappa shape index (κ1) is 24.2. The highest BCUT2D eigenvalue weighted by Crippen LogP contribution is 2.12. The van der Waals surface area contributed by atoms with E-state index >= 15 is 0 Å². The van der Waals surface area contributed by atoms with Crippen LogP contribution in [-0.4, -0.2) is 0 Å². The van der Waals surface area contributed by atoms with Gasteiger partial charge in [-0.2, -0.15) is 0 Å². The molecule has 0 aliphatic rings. The van der Waals surface area contributed by atoms with Crippen LogP contribution in [0, 0.1) is 0 Å². The van der Waals surface area contributed by atoms with Crippen LogP contribution in [0.5, 0.6) is 0 Å². The largest absolute Gasteiger partial charge is 0.202 e. The van der Waals surface area contributed by atoms with Crippen molar-refractivity contribution in [3.05, 3.63) is 30.1 Å². The summed E-state index contributed by atoms with van der Waals surface area (Å²) in [4.78, 5) is 0. The Balaban J connectivity index is 2.06. The molecule has 0 radical (unpaired) electrons. The minimum absolute atomic E-state index is 1.21. The topological polar surface area (TPSA) is 3.88 Å². The fraction of sp³-hybridized carbons (Fsp3) is 0.808. The van der Waals surface area contributed by atoms with E-state index in [-0.39, 0.29) is 0 Å². The van der Waals surface area contributed by atoms with E-state index in [1.165, 1.54) is 122 Å². The number of hydrogen-bond acceptors (Lipinski definition) is 0. The Morgan fingerprint density at radius 2 is 1.04 bits per heavy atom. The zero-order chi connectivity index (χ0) is 19.4. The highest BCUT2D eigenvalue weighted by atomic mass is 14.9. The van der Waals surface area contributed by atoms with Crippen LogP contribution < -0.4 is 4.57 Å². The van der Waals surface area contributed by atoms with Gasteiger partial charge in [-0.25, -0.2) is 4.57 Å². The molecule has 0 amide bonds. The van der Waals surface area contributed by atoms with Crippen molar-refractivity contribution >= 4 is 0 Å². The minimum atomic E-state index is 1.21. The van der Waals surface area contributed by atoms with Crippen LogP contribution >= 0.6 is 0 Å². The van der Waals surface area contributed by atoms with Gasteiger partial charge in [0.1, 0.15) is 6.54 Å². The zero-order valence-electron chi connectivity index (χ0n) is 18.7. The molecule has 1 rings (SSSR count). The molecule has 0 N–H and O–H groups in total. The van der Waals surface area contributed by atoms with Crippen molar-refractivity contribution in [3.63, 3.8) is 0 Å². The summed E-state index contributed by atoms with van der Waals surface area (Å²) >= 11 is 0. The summed E-state index contributed by atoms with van der Waals surface area (Å²) in [6.07, 6.45) is 27.6. The molecule has 0 fully saturated rings. The molecule has 0 atom stereocenters. The number of pyridine rings is 1. The molecule has 1 nitrogen and oxygen atoms in total. The molecule has 0 bridgehead atoms. The molecule has 1 aromatic rings. The van der Waals surface area contributed by atoms with E-state index < -0.39 is 0 Å². The summed E-state index contributed by atoms with van der Waals surface area (Å²) in [6, 6.07) is 6.76. The van der Waals surface area contributed by atoms with E-state index in [0.717, 1.165) is 0 Å². The molecular formula is C26H48N+. The van der Waals surface area contributed by atoms with Gasteiger partial charge in [-0.3, -0.25) is 0 Å². The standard InChI is InChI=1S/C26H48N/c1-3-5-7-9-11-12-13-14-16-18-22-26-23-19-21-25-27(26)24-20-17-15-10-8-6-4-2/h19,21,23,25H,3-18,20,22,24H2,1-2H3/q+1. The summed E-state index contributed by atoms with van der Waals surface area (Å²) in [5.41, 5.74) is 1.54. The van der Waals surface area contributed by atoms with Gasteiger partial charge in [0.2, 0.25) is 0 Å². The first-order chi connectivity index (χ1) is 13.4. The third-order valence-electron chi connectivity index (χ3n) is 5.82. The molecule has 0 aromatic carbocycles. The van der Waals surface area contributed by atoms with Gasteiger partial charge in [-0.1, -0.05) is 110 Å². The van der Waals surface area contributed by atoms with Crippen molar-refractivity contribution in [1.29, 1.82) is 0 Å². The lowest BCUT2D eigenvalue weighted by Crippen LogP contribution is -2.37. The maximum absolute atomic E-state index is 2.51. The Morgan fingerprint density at radius 1 is 0.556 bits per heavy atom. The average Bonchev–Trinajstić information content (AvgIpc) is 2.69. The number of unbranched alkanes of at least 4 members (excludes halogenated alkanes) is 15. The van der Waals surface area contributed by atoms with Crippen molar-refractivity contribution < 1.29 is 4.57 Å². The molecule has 0 spiro atoms. The van der Waals surface area contributed by atoms with Crippen molar-refractivity contribution in [2.24, 2.45) is 0 Å². The van der Waals surface area contributed by atoms with Gasteiger partial charge in [-0.15, -0.1) is 0 Å². The summed E-state index contributed by atoms with van der Waals surface area (Å²) in [6.45, 7) is 5.80. The SMILES string of the molecule is CCCCCCCCCCCCc1cccc[n+]1CCCCCCCCC. The normalized spacial score (nSPS) is 11.2. The number of aromatic nitrogens is 1. The number of nitrogens with zero attached hydrogens (tertiary/aromatic N) is 1. The minimum Gasteiger partial charge on any atom is -0.202 e. The van der Waals surface area contributed by atoms with Crippen LogP contribution in [0.25, 0.3) is 0 Å². The Hall–Kier alpha value is -0.850. The summed E-state index contributed by atoms with van der Waals surface area (Å²) < 4.78 is 2.51. The quantitative estimate of drug-likeness (QED) is 0.170. The maximum Gasteiger partial charge on any atom is 0.181 e. The van der Waals surface area contributed by atoms with E-state index in [0.29, 0.717) is 0 Å². The smallest absolute Gasteiger partial charge is 0.181 e. The van der Waals surface area contributed by atoms with Crippen molar-refractivity contribution in [2.75, 3.05) is 0 Å². The zero-order valence-corrected chi connectivity index (χ0v) is 18.7. The Labute approximate surface area is 171 Å². The van der Waals surface area contributed by atoms with E-state index in [1.54, 1.807) is 5.69 Å². The number of aryl methyl sites for hydroxylation is 2. The molecule has 1 heterocycles. The lowest BCUT2D eigenvalue weighted by molar-refractivity contribution is -0.704. The maximum atomic E-state index is 2.51. The predicted molar refractivity (Wildman–Crippen MR) is 120 cm³/mol. The van der Waals surface area contributed by atoms with Crippen LogP contribution in [0.3, 0.4) is 0 Å². The van der Waals surface area contributed by atoms with Crippen LogP contribution in [-0.2, 0) is 13.0 Å². The molecule has 0 aliphatic carbocycles. The average molecular weight is 375 g/mol. The van der Waals surface area contributed by atoms with Gasteiger partial charge in [-0.05, 0) is 12.8 Å². The summed E-state index contributed by atoms with van der Waals surface area (Å²) in [7, 11) is 0. The Kier molecular flexibility index (Phi) is 16.6. The van der Waals surface area contributed by atoms with E-state index in [2.05, 4.69) is 42.8 Å². The molecule has 1 aromatic heterocycles. The lowest BCUT2D eigenvalue weighted by atomic mass is 10.0. The Bertz CT molecular complexity index is 426. The van der Waals surface area contributed by atoms with Crippen molar-refractivity contribution in [1.82, 2.24) is 0 Å². The van der Waals surface area contributed by atoms with Crippen LogP contribution in [0.1, 0.15) is 129 Å². The fourth-order valence-electron chi connectivity index (χ4n) is 3.99. The van der Waals surface area contributed by atoms with Crippen molar-refractivity contribution in [2.45, 2.75) is 136 Å². The van der Waals surface area contributed by atoms with Gasteiger partial charge in [0.15, 0.2) is 11.9 Å². The van der Waals surface area contributed by atoms with Gasteiger partial charge in [0.05, 0.1) is 0 Å². The number of hydrogen-bond donors (Lipinski definition) is 0. The van der Waals surface area contributed by atoms with Crippen LogP contribution in [0.2, 0.25) is 0 Å². The highest BCUT2D eigenvalue weighted by Gasteiger charge is 2.08. The second kappa shape index (κ2) is 18.5. The van der Waals surface area contributed by atoms with E-state index in [9.17, 15) is 0 Å². The molecular weight excluding hydrogens is 326 g/mol. The van der Waals surface area contributed by atoms with E-state index in [1.807, 2.05) is 0 Å². The molecule has 0 saturated carbocycles. The first-order valence-corrected chi connectivity index (χ1v) is 12.4. The van der Waals surface area contributed by atoms with Gasteiger partial charge in [0.25, 0.3) is 0 Å². The molecule has 0 unspecified atom stereocenters. The first-order valence-electron chi connectivity index (χ1n) is 12.4. The Morgan fingerprint density at radius 3 is 1.59 bits per heavy atom. The van der Waals surface area contributed by atoms with Gasteiger partial charge >= 0.3 is 0 Å². The second-order valence-corrected chi connectivity index (χ2v) is 8.44. The lowest BCUT2D eigenvalue weighted by Gasteiger charge is -2.05. The summed E-state index contributed by atoms with van der Waals surface area (Å²) in [5, 5.41) is 0. The van der Waals surface area contributed by atoms with Crippen LogP contribution in [0.15, 0.2) is 24.4 Å². The predicted octanol–water partition coefficient (Wildman–Crippen LogP) is 8.19. The molecule has 27 heavy (non-hydrogen) atoms. The van der Waals surface area contributed by atoms with E-state index in [4.69, 9.17) is 0 Å². The molecule has 0 aliphatic heterocycles. The number of rotatable bonds is 19. The van der Waals surface area contributed by atoms with Gasteiger partial charge in [0, 0.05) is 25.0 Å². The fourth-order valence-corrected chi connectivity index (χ4v) is 3.99. The third kappa shape index (κ3) is 13.9. The van der Waals surface area contributed by atoms with Gasteiger partial charge < -0.3 is 0 Å². The molecule has 1 heteroatoms. The highest BCUT2D eigenvalue weighted by molar-refractivity contribution is 4.97. The molecule has 156 valence electrons. The van der Waals surface area contributed by atoms with Crippen LogP contribution in [0.4, 0.5) is 0 Å². The van der Waals surface area contributed by atoms with Crippen molar-refractivity contribution in [3.8, 4) is 0 Å². The second-order valence-electron chi connectivity index (χ2n) is 8.44.